The van der Waals surface area contributed by atoms with E-state index in [1.54, 1.807) is 12.1 Å². The molecule has 0 spiro atoms. The first-order valence-electron chi connectivity index (χ1n) is 9.64. The van der Waals surface area contributed by atoms with E-state index in [0.29, 0.717) is 36.8 Å². The lowest BCUT2D eigenvalue weighted by Crippen LogP contribution is -2.35. The summed E-state index contributed by atoms with van der Waals surface area (Å²) in [5.41, 5.74) is 3.32. The molecule has 0 saturated carbocycles. The van der Waals surface area contributed by atoms with E-state index < -0.39 is 10.0 Å². The number of nitrogens with one attached hydrogen (secondary N) is 2. The SMILES string of the molecule is CCOCNCCN1C(C)c2cc(-c3c[nH]c4cc(F)ccc34)ccc2S1(=O)=O. The Morgan fingerprint density at radius 1 is 1.24 bits per heavy atom. The molecule has 154 valence electrons. The lowest BCUT2D eigenvalue weighted by Gasteiger charge is -2.20. The molecular weight excluding hydrogens is 393 g/mol. The Kier molecular flexibility index (Phi) is 5.44. The van der Waals surface area contributed by atoms with Gasteiger partial charge in [-0.1, -0.05) is 6.07 Å². The van der Waals surface area contributed by atoms with Gasteiger partial charge >= 0.3 is 0 Å². The van der Waals surface area contributed by atoms with Crippen LogP contribution in [-0.4, -0.2) is 44.1 Å². The summed E-state index contributed by atoms with van der Waals surface area (Å²) in [4.78, 5) is 3.44. The molecule has 0 fully saturated rings. The van der Waals surface area contributed by atoms with Gasteiger partial charge in [-0.3, -0.25) is 5.32 Å². The van der Waals surface area contributed by atoms with Gasteiger partial charge in [0.05, 0.1) is 11.6 Å². The second kappa shape index (κ2) is 7.87. The van der Waals surface area contributed by atoms with Crippen LogP contribution in [0.4, 0.5) is 4.39 Å². The van der Waals surface area contributed by atoms with Crippen LogP contribution in [-0.2, 0) is 14.8 Å². The molecule has 2 N–H and O–H groups in total. The quantitative estimate of drug-likeness (QED) is 0.455. The highest BCUT2D eigenvalue weighted by molar-refractivity contribution is 7.89. The molecule has 2 aromatic carbocycles. The second-order valence-corrected chi connectivity index (χ2v) is 8.93. The average molecular weight is 418 g/mol. The first-order chi connectivity index (χ1) is 13.9. The Morgan fingerprint density at radius 3 is 2.86 bits per heavy atom. The first-order valence-corrected chi connectivity index (χ1v) is 11.1. The van der Waals surface area contributed by atoms with E-state index in [9.17, 15) is 12.8 Å². The minimum Gasteiger partial charge on any atom is -0.367 e. The molecule has 1 aromatic heterocycles. The summed E-state index contributed by atoms with van der Waals surface area (Å²) in [7, 11) is -3.53. The van der Waals surface area contributed by atoms with Crippen molar-refractivity contribution in [3.8, 4) is 11.1 Å². The lowest BCUT2D eigenvalue weighted by atomic mass is 9.99. The van der Waals surface area contributed by atoms with Crippen LogP contribution in [0, 0.1) is 5.82 Å². The number of aromatic amines is 1. The highest BCUT2D eigenvalue weighted by atomic mass is 32.2. The molecule has 4 rings (SSSR count). The number of hydrogen-bond acceptors (Lipinski definition) is 4. The van der Waals surface area contributed by atoms with E-state index in [-0.39, 0.29) is 11.9 Å². The number of ether oxygens (including phenoxy) is 1. The standard InChI is InChI=1S/C21H24FN3O3S/c1-3-28-13-23-8-9-25-14(2)18-10-15(4-7-21(18)29(25,26)27)19-12-24-20-11-16(22)5-6-17(19)20/h4-7,10-12,14,23-24H,3,8-9,13H2,1-2H3. The summed E-state index contributed by atoms with van der Waals surface area (Å²) in [6.45, 7) is 5.70. The maximum atomic E-state index is 13.5. The third-order valence-corrected chi connectivity index (χ3v) is 7.39. The van der Waals surface area contributed by atoms with Crippen LogP contribution in [0.2, 0.25) is 0 Å². The number of aromatic nitrogens is 1. The van der Waals surface area contributed by atoms with Crippen molar-refractivity contribution in [3.63, 3.8) is 0 Å². The van der Waals surface area contributed by atoms with Gasteiger partial charge in [-0.2, -0.15) is 4.31 Å². The number of H-pyrrole nitrogens is 1. The van der Waals surface area contributed by atoms with Crippen LogP contribution in [0.15, 0.2) is 47.5 Å². The zero-order valence-corrected chi connectivity index (χ0v) is 17.2. The minimum absolute atomic E-state index is 0.258. The molecule has 0 radical (unpaired) electrons. The number of benzene rings is 2. The summed E-state index contributed by atoms with van der Waals surface area (Å²) in [6.07, 6.45) is 1.83. The van der Waals surface area contributed by atoms with Gasteiger partial charge in [-0.25, -0.2) is 12.8 Å². The predicted molar refractivity (Wildman–Crippen MR) is 110 cm³/mol. The number of sulfonamides is 1. The summed E-state index contributed by atoms with van der Waals surface area (Å²) in [5.74, 6) is -0.298. The Bertz CT molecular complexity index is 1140. The molecule has 29 heavy (non-hydrogen) atoms. The molecule has 6 nitrogen and oxygen atoms in total. The highest BCUT2D eigenvalue weighted by Crippen LogP contribution is 2.41. The fraction of sp³-hybridized carbons (Fsp3) is 0.333. The van der Waals surface area contributed by atoms with Crippen molar-refractivity contribution >= 4 is 20.9 Å². The minimum atomic E-state index is -3.53. The number of nitrogens with zero attached hydrogens (tertiary/aromatic N) is 1. The zero-order valence-electron chi connectivity index (χ0n) is 16.4. The Labute approximate surface area is 169 Å². The number of rotatable bonds is 7. The highest BCUT2D eigenvalue weighted by Gasteiger charge is 2.40. The van der Waals surface area contributed by atoms with Gasteiger partial charge in [0, 0.05) is 48.4 Å². The van der Waals surface area contributed by atoms with Gasteiger partial charge in [0.25, 0.3) is 0 Å². The Hall–Kier alpha value is -2.26. The normalized spacial score (nSPS) is 18.4. The fourth-order valence-electron chi connectivity index (χ4n) is 3.85. The van der Waals surface area contributed by atoms with E-state index in [1.165, 1.54) is 16.4 Å². The van der Waals surface area contributed by atoms with Gasteiger partial charge in [0.15, 0.2) is 0 Å². The van der Waals surface area contributed by atoms with Crippen molar-refractivity contribution < 1.29 is 17.5 Å². The largest absolute Gasteiger partial charge is 0.367 e. The van der Waals surface area contributed by atoms with Crippen LogP contribution in [0.5, 0.6) is 0 Å². The van der Waals surface area contributed by atoms with E-state index >= 15 is 0 Å². The lowest BCUT2D eigenvalue weighted by molar-refractivity contribution is 0.127. The zero-order chi connectivity index (χ0) is 20.6. The molecule has 3 aromatic rings. The molecule has 0 amide bonds. The van der Waals surface area contributed by atoms with Crippen LogP contribution in [0.3, 0.4) is 0 Å². The molecule has 2 heterocycles. The molecule has 0 aliphatic carbocycles. The van der Waals surface area contributed by atoms with Crippen LogP contribution in [0.25, 0.3) is 22.0 Å². The Morgan fingerprint density at radius 2 is 2.07 bits per heavy atom. The third kappa shape index (κ3) is 3.57. The van der Waals surface area contributed by atoms with Crippen LogP contribution in [0.1, 0.15) is 25.5 Å². The molecule has 1 atom stereocenters. The Balaban J connectivity index is 1.63. The van der Waals surface area contributed by atoms with Crippen molar-refractivity contribution in [3.05, 3.63) is 54.0 Å². The van der Waals surface area contributed by atoms with Crippen molar-refractivity contribution in [2.24, 2.45) is 0 Å². The van der Waals surface area contributed by atoms with E-state index in [4.69, 9.17) is 4.74 Å². The fourth-order valence-corrected chi connectivity index (χ4v) is 5.74. The van der Waals surface area contributed by atoms with E-state index in [0.717, 1.165) is 22.1 Å². The van der Waals surface area contributed by atoms with Gasteiger partial charge in [0.2, 0.25) is 10.0 Å². The molecule has 1 unspecified atom stereocenters. The van der Waals surface area contributed by atoms with Crippen molar-refractivity contribution in [1.29, 1.82) is 0 Å². The van der Waals surface area contributed by atoms with Crippen molar-refractivity contribution in [1.82, 2.24) is 14.6 Å². The third-order valence-electron chi connectivity index (χ3n) is 5.35. The van der Waals surface area contributed by atoms with Gasteiger partial charge < -0.3 is 9.72 Å². The molecular formula is C21H24FN3O3S. The van der Waals surface area contributed by atoms with Crippen LogP contribution >= 0.6 is 0 Å². The number of hydrogen-bond donors (Lipinski definition) is 2. The molecule has 1 aliphatic rings. The van der Waals surface area contributed by atoms with Gasteiger partial charge in [0.1, 0.15) is 5.82 Å². The molecule has 8 heteroatoms. The van der Waals surface area contributed by atoms with Gasteiger partial charge in [-0.05, 0) is 55.3 Å². The maximum Gasteiger partial charge on any atom is 0.244 e. The summed E-state index contributed by atoms with van der Waals surface area (Å²) in [6, 6.07) is 9.77. The van der Waals surface area contributed by atoms with Crippen LogP contribution < -0.4 is 5.32 Å². The first kappa shape index (κ1) is 20.0. The molecule has 0 bridgehead atoms. The number of fused-ring (bicyclic) bond motifs is 2. The van der Waals surface area contributed by atoms with E-state index in [2.05, 4.69) is 10.3 Å². The average Bonchev–Trinajstić information content (AvgIpc) is 3.19. The van der Waals surface area contributed by atoms with E-state index in [1.807, 2.05) is 32.2 Å². The number of halogens is 1. The smallest absolute Gasteiger partial charge is 0.244 e. The summed E-state index contributed by atoms with van der Waals surface area (Å²) < 4.78 is 46.2. The second-order valence-electron chi connectivity index (χ2n) is 7.07. The maximum absolute atomic E-state index is 13.5. The molecule has 1 aliphatic heterocycles. The summed E-state index contributed by atoms with van der Waals surface area (Å²) >= 11 is 0. The van der Waals surface area contributed by atoms with Crippen molar-refractivity contribution in [2.45, 2.75) is 24.8 Å². The topological polar surface area (TPSA) is 74.4 Å². The molecule has 0 saturated heterocycles. The van der Waals surface area contributed by atoms with Gasteiger partial charge in [-0.15, -0.1) is 0 Å². The summed E-state index contributed by atoms with van der Waals surface area (Å²) in [5, 5.41) is 3.99. The van der Waals surface area contributed by atoms with Crippen molar-refractivity contribution in [2.75, 3.05) is 26.4 Å². The monoisotopic (exact) mass is 417 g/mol. The predicted octanol–water partition coefficient (Wildman–Crippen LogP) is 3.62.